The van der Waals surface area contributed by atoms with E-state index in [1.165, 1.54) is 0 Å². The molecule has 1 aliphatic rings. The smallest absolute Gasteiger partial charge is 0.145 e. The molecule has 0 bridgehead atoms. The molecule has 138 valence electrons. The van der Waals surface area contributed by atoms with Gasteiger partial charge in [0.15, 0.2) is 0 Å². The standard InChI is InChI=1S/C20H30N2O3/c1-4-10-22(12-18(23)15-24-14-16(2)3)13-19-11-20(21-25-19)17-8-6-5-7-9-17/h4-9,16,18-19,23H,1,10-15H2,2-3H3/t18-,19-/m1/s1. The molecule has 0 saturated carbocycles. The normalized spacial score (nSPS) is 18.3. The van der Waals surface area contributed by atoms with Crippen LogP contribution in [0.2, 0.25) is 0 Å². The molecule has 0 saturated heterocycles. The second kappa shape index (κ2) is 10.3. The molecule has 0 radical (unpaired) electrons. The van der Waals surface area contributed by atoms with Gasteiger partial charge in [0, 0.05) is 32.7 Å². The topological polar surface area (TPSA) is 54.3 Å². The highest BCUT2D eigenvalue weighted by Gasteiger charge is 2.25. The maximum atomic E-state index is 10.2. The number of aliphatic hydroxyl groups excluding tert-OH is 1. The lowest BCUT2D eigenvalue weighted by Crippen LogP contribution is -2.40. The highest BCUT2D eigenvalue weighted by molar-refractivity contribution is 6.01. The fourth-order valence-electron chi connectivity index (χ4n) is 2.81. The quantitative estimate of drug-likeness (QED) is 0.626. The number of benzene rings is 1. The SMILES string of the molecule is C=CCN(C[C@@H](O)COCC(C)C)C[C@H]1CC(c2ccccc2)=NO1. The van der Waals surface area contributed by atoms with E-state index in [0.717, 1.165) is 17.7 Å². The fraction of sp³-hybridized carbons (Fsp3) is 0.550. The number of hydrogen-bond acceptors (Lipinski definition) is 5. The maximum absolute atomic E-state index is 10.2. The molecule has 1 heterocycles. The van der Waals surface area contributed by atoms with Crippen LogP contribution >= 0.6 is 0 Å². The van der Waals surface area contributed by atoms with E-state index in [0.29, 0.717) is 38.8 Å². The van der Waals surface area contributed by atoms with Crippen molar-refractivity contribution >= 4 is 5.71 Å². The van der Waals surface area contributed by atoms with Gasteiger partial charge in [-0.15, -0.1) is 6.58 Å². The Bertz CT molecular complexity index is 545. The van der Waals surface area contributed by atoms with Gasteiger partial charge in [0.2, 0.25) is 0 Å². The zero-order valence-electron chi connectivity index (χ0n) is 15.3. The highest BCUT2D eigenvalue weighted by atomic mass is 16.6. The first-order chi connectivity index (χ1) is 12.1. The Hall–Kier alpha value is -1.69. The lowest BCUT2D eigenvalue weighted by molar-refractivity contribution is -0.00281. The predicted octanol–water partition coefficient (Wildman–Crippen LogP) is 2.70. The molecule has 1 aliphatic heterocycles. The number of rotatable bonds is 11. The van der Waals surface area contributed by atoms with Crippen molar-refractivity contribution in [2.24, 2.45) is 11.1 Å². The van der Waals surface area contributed by atoms with Crippen molar-refractivity contribution in [3.63, 3.8) is 0 Å². The number of hydrogen-bond donors (Lipinski definition) is 1. The molecule has 1 aromatic carbocycles. The molecule has 0 spiro atoms. The minimum absolute atomic E-state index is 0.000983. The summed E-state index contributed by atoms with van der Waals surface area (Å²) in [6.45, 7) is 10.9. The van der Waals surface area contributed by atoms with Gasteiger partial charge in [0.05, 0.1) is 18.4 Å². The summed E-state index contributed by atoms with van der Waals surface area (Å²) in [5.74, 6) is 0.469. The van der Waals surface area contributed by atoms with Gasteiger partial charge in [-0.1, -0.05) is 55.4 Å². The average Bonchev–Trinajstić information content (AvgIpc) is 3.04. The Kier molecular flexibility index (Phi) is 8.12. The van der Waals surface area contributed by atoms with Crippen LogP contribution in [0.5, 0.6) is 0 Å². The van der Waals surface area contributed by atoms with Crippen molar-refractivity contribution in [2.45, 2.75) is 32.5 Å². The Labute approximate surface area is 150 Å². The van der Waals surface area contributed by atoms with Crippen LogP contribution in [0.3, 0.4) is 0 Å². The molecule has 0 amide bonds. The molecular weight excluding hydrogens is 316 g/mol. The Morgan fingerprint density at radius 1 is 1.36 bits per heavy atom. The van der Waals surface area contributed by atoms with Crippen molar-refractivity contribution < 1.29 is 14.7 Å². The summed E-state index contributed by atoms with van der Waals surface area (Å²) >= 11 is 0. The van der Waals surface area contributed by atoms with Crippen molar-refractivity contribution in [3.05, 3.63) is 48.6 Å². The monoisotopic (exact) mass is 346 g/mol. The second-order valence-electron chi connectivity index (χ2n) is 6.93. The van der Waals surface area contributed by atoms with Crippen LogP contribution in [0.15, 0.2) is 48.1 Å². The molecular formula is C20H30N2O3. The largest absolute Gasteiger partial charge is 0.390 e. The predicted molar refractivity (Wildman–Crippen MR) is 101 cm³/mol. The Morgan fingerprint density at radius 2 is 2.12 bits per heavy atom. The molecule has 25 heavy (non-hydrogen) atoms. The summed E-state index contributed by atoms with van der Waals surface area (Å²) < 4.78 is 5.52. The number of aliphatic hydroxyl groups is 1. The van der Waals surface area contributed by atoms with Crippen LogP contribution in [0, 0.1) is 5.92 Å². The number of nitrogens with zero attached hydrogens (tertiary/aromatic N) is 2. The lowest BCUT2D eigenvalue weighted by atomic mass is 10.0. The first-order valence-corrected chi connectivity index (χ1v) is 8.95. The Balaban J connectivity index is 1.79. The van der Waals surface area contributed by atoms with Crippen molar-refractivity contribution in [3.8, 4) is 0 Å². The van der Waals surface area contributed by atoms with E-state index in [1.54, 1.807) is 0 Å². The molecule has 0 fully saturated rings. The van der Waals surface area contributed by atoms with E-state index in [-0.39, 0.29) is 6.10 Å². The van der Waals surface area contributed by atoms with E-state index >= 15 is 0 Å². The average molecular weight is 346 g/mol. The van der Waals surface area contributed by atoms with Gasteiger partial charge >= 0.3 is 0 Å². The van der Waals surface area contributed by atoms with Crippen LogP contribution in [0.1, 0.15) is 25.8 Å². The number of oxime groups is 1. The van der Waals surface area contributed by atoms with Crippen LogP contribution in [-0.4, -0.2) is 60.8 Å². The Morgan fingerprint density at radius 3 is 2.80 bits per heavy atom. The molecule has 0 unspecified atom stereocenters. The van der Waals surface area contributed by atoms with Gasteiger partial charge in [-0.05, 0) is 11.5 Å². The number of ether oxygens (including phenoxy) is 1. The summed E-state index contributed by atoms with van der Waals surface area (Å²) in [6.07, 6.45) is 2.10. The minimum atomic E-state index is -0.519. The first-order valence-electron chi connectivity index (χ1n) is 8.95. The van der Waals surface area contributed by atoms with E-state index < -0.39 is 6.10 Å². The van der Waals surface area contributed by atoms with Gasteiger partial charge in [-0.2, -0.15) is 0 Å². The third-order valence-electron chi connectivity index (χ3n) is 3.92. The lowest BCUT2D eigenvalue weighted by Gasteiger charge is -2.25. The summed E-state index contributed by atoms with van der Waals surface area (Å²) in [6, 6.07) is 10.1. The molecule has 2 rings (SSSR count). The van der Waals surface area contributed by atoms with E-state index in [4.69, 9.17) is 9.57 Å². The van der Waals surface area contributed by atoms with Crippen LogP contribution < -0.4 is 0 Å². The molecule has 5 heteroatoms. The summed E-state index contributed by atoms with van der Waals surface area (Å²) in [5.41, 5.74) is 2.08. The van der Waals surface area contributed by atoms with Gasteiger partial charge in [-0.3, -0.25) is 4.90 Å². The van der Waals surface area contributed by atoms with Gasteiger partial charge in [-0.25, -0.2) is 0 Å². The molecule has 5 nitrogen and oxygen atoms in total. The van der Waals surface area contributed by atoms with Gasteiger partial charge < -0.3 is 14.7 Å². The summed E-state index contributed by atoms with van der Waals surface area (Å²) in [4.78, 5) is 7.72. The van der Waals surface area contributed by atoms with Crippen LogP contribution in [-0.2, 0) is 9.57 Å². The first kappa shape index (κ1) is 19.6. The second-order valence-corrected chi connectivity index (χ2v) is 6.93. The highest BCUT2D eigenvalue weighted by Crippen LogP contribution is 2.17. The summed E-state index contributed by atoms with van der Waals surface area (Å²) in [7, 11) is 0. The van der Waals surface area contributed by atoms with Crippen LogP contribution in [0.4, 0.5) is 0 Å². The summed E-state index contributed by atoms with van der Waals surface area (Å²) in [5, 5.41) is 14.4. The zero-order valence-corrected chi connectivity index (χ0v) is 15.3. The van der Waals surface area contributed by atoms with Gasteiger partial charge in [0.25, 0.3) is 0 Å². The molecule has 2 atom stereocenters. The van der Waals surface area contributed by atoms with E-state index in [1.807, 2.05) is 36.4 Å². The molecule has 0 aliphatic carbocycles. The van der Waals surface area contributed by atoms with E-state index in [9.17, 15) is 5.11 Å². The van der Waals surface area contributed by atoms with Crippen LogP contribution in [0.25, 0.3) is 0 Å². The molecule has 1 N–H and O–H groups in total. The zero-order chi connectivity index (χ0) is 18.1. The van der Waals surface area contributed by atoms with E-state index in [2.05, 4.69) is 30.5 Å². The van der Waals surface area contributed by atoms with Crippen molar-refractivity contribution in [1.82, 2.24) is 4.90 Å². The third kappa shape index (κ3) is 6.98. The minimum Gasteiger partial charge on any atom is -0.390 e. The van der Waals surface area contributed by atoms with Gasteiger partial charge in [0.1, 0.15) is 6.10 Å². The van der Waals surface area contributed by atoms with Crippen molar-refractivity contribution in [1.29, 1.82) is 0 Å². The fourth-order valence-corrected chi connectivity index (χ4v) is 2.81. The molecule has 0 aromatic heterocycles. The van der Waals surface area contributed by atoms with Crippen molar-refractivity contribution in [2.75, 3.05) is 32.8 Å². The third-order valence-corrected chi connectivity index (χ3v) is 3.92. The molecule has 1 aromatic rings. The maximum Gasteiger partial charge on any atom is 0.145 e.